The number of carbonyl (C=O) groups is 2. The molecule has 4 N–H and O–H groups in total. The van der Waals surface area contributed by atoms with E-state index in [0.717, 1.165) is 25.8 Å². The molecule has 1 aliphatic carbocycles. The van der Waals surface area contributed by atoms with Crippen LogP contribution in [0.2, 0.25) is 0 Å². The number of unbranched alkanes of at least 4 members (excludes halogenated alkanes) is 1. The van der Waals surface area contributed by atoms with Crippen LogP contribution < -0.4 is 5.73 Å². The first-order valence-electron chi connectivity index (χ1n) is 13.3. The predicted molar refractivity (Wildman–Crippen MR) is 146 cm³/mol. The maximum Gasteiger partial charge on any atom is 0.271 e. The number of halogens is 1. The summed E-state index contributed by atoms with van der Waals surface area (Å²) >= 11 is 0. The molecule has 1 aromatic heterocycles. The minimum absolute atomic E-state index is 0. The highest BCUT2D eigenvalue weighted by Crippen LogP contribution is 2.33. The molecular weight excluding hydrogens is 490 g/mol. The number of nitrogens with zero attached hydrogens (tertiary/aromatic N) is 3. The molecule has 2 amide bonds. The van der Waals surface area contributed by atoms with Crippen LogP contribution in [0.25, 0.3) is 0 Å². The topological polar surface area (TPSA) is 116 Å². The van der Waals surface area contributed by atoms with E-state index in [1.807, 2.05) is 31.7 Å². The number of likely N-dealkylation sites (tertiary alicyclic amines) is 1. The Bertz CT molecular complexity index is 1030. The summed E-state index contributed by atoms with van der Waals surface area (Å²) in [7, 11) is 0. The Morgan fingerprint density at radius 1 is 1.22 bits per heavy atom. The van der Waals surface area contributed by atoms with Gasteiger partial charge in [0.25, 0.3) is 5.91 Å². The van der Waals surface area contributed by atoms with Gasteiger partial charge in [-0.05, 0) is 49.0 Å². The fourth-order valence-electron chi connectivity index (χ4n) is 4.81. The maximum atomic E-state index is 13.4. The van der Waals surface area contributed by atoms with Gasteiger partial charge < -0.3 is 25.6 Å². The smallest absolute Gasteiger partial charge is 0.271 e. The highest BCUT2D eigenvalue weighted by molar-refractivity contribution is 5.92. The number of amides is 2. The molecule has 9 heteroatoms. The number of aromatic nitrogens is 2. The summed E-state index contributed by atoms with van der Waals surface area (Å²) in [4.78, 5) is 37.8. The quantitative estimate of drug-likeness (QED) is 0.404. The number of nitrogens with two attached hydrogens (primary N) is 1. The molecule has 0 spiro atoms. The van der Waals surface area contributed by atoms with Gasteiger partial charge in [0.2, 0.25) is 5.91 Å². The lowest BCUT2D eigenvalue weighted by Crippen LogP contribution is -2.50. The Morgan fingerprint density at radius 2 is 1.92 bits per heavy atom. The van der Waals surface area contributed by atoms with Crippen LogP contribution in [0.4, 0.5) is 0 Å². The second-order valence-electron chi connectivity index (χ2n) is 11.6. The molecule has 1 aromatic carbocycles. The summed E-state index contributed by atoms with van der Waals surface area (Å²) in [6, 6.07) is 9.31. The van der Waals surface area contributed by atoms with Crippen LogP contribution in [-0.2, 0) is 11.2 Å². The van der Waals surface area contributed by atoms with E-state index in [9.17, 15) is 14.7 Å². The Kier molecular flexibility index (Phi) is 9.78. The van der Waals surface area contributed by atoms with Crippen LogP contribution in [0.3, 0.4) is 0 Å². The first-order chi connectivity index (χ1) is 17.1. The fraction of sp³-hybridized carbons (Fsp3) is 0.607. The SMILES string of the molecule is CC(C)(C)[C@H](N)C(=O)N1C[C@H](O)C[C@H]1c1ncc(C(=O)N(CCCCc2ccccc2)CC2CC2)[nH]1.Cl. The van der Waals surface area contributed by atoms with Crippen LogP contribution in [0.15, 0.2) is 36.5 Å². The second kappa shape index (κ2) is 12.4. The van der Waals surface area contributed by atoms with E-state index in [1.54, 1.807) is 11.1 Å². The summed E-state index contributed by atoms with van der Waals surface area (Å²) < 4.78 is 0. The molecule has 1 saturated heterocycles. The maximum absolute atomic E-state index is 13.4. The van der Waals surface area contributed by atoms with E-state index in [1.165, 1.54) is 18.4 Å². The number of H-pyrrole nitrogens is 1. The Labute approximate surface area is 226 Å². The predicted octanol–water partition coefficient (Wildman–Crippen LogP) is 3.71. The number of hydrogen-bond donors (Lipinski definition) is 3. The zero-order valence-electron chi connectivity index (χ0n) is 22.2. The highest BCUT2D eigenvalue weighted by atomic mass is 35.5. The molecule has 204 valence electrons. The molecule has 0 unspecified atom stereocenters. The molecular formula is C28H42ClN5O3. The standard InChI is InChI=1S/C28H41N5O3.ClH/c1-28(2,3)24(29)27(36)33-18-21(34)15-23(33)25-30-16-22(31-25)26(35)32(17-20-12-13-20)14-8-7-11-19-9-5-4-6-10-19;/h4-6,9-10,16,20-21,23-24,34H,7-8,11-15,17-18,29H2,1-3H3,(H,30,31);1H/t21-,23+,24-;/m1./s1. The molecule has 2 aromatic rings. The van der Waals surface area contributed by atoms with E-state index in [-0.39, 0.29) is 30.8 Å². The number of aliphatic hydroxyl groups excluding tert-OH is 1. The van der Waals surface area contributed by atoms with Gasteiger partial charge in [-0.2, -0.15) is 0 Å². The molecule has 1 saturated carbocycles. The number of nitrogens with one attached hydrogen (secondary N) is 1. The number of benzene rings is 1. The number of aromatic amines is 1. The van der Waals surface area contributed by atoms with Gasteiger partial charge in [0.15, 0.2) is 0 Å². The van der Waals surface area contributed by atoms with Crippen molar-refractivity contribution in [2.24, 2.45) is 17.1 Å². The van der Waals surface area contributed by atoms with Gasteiger partial charge in [-0.3, -0.25) is 9.59 Å². The average Bonchev–Trinajstić information content (AvgIpc) is 3.38. The lowest BCUT2D eigenvalue weighted by molar-refractivity contribution is -0.136. The van der Waals surface area contributed by atoms with Gasteiger partial charge in [0, 0.05) is 26.1 Å². The third-order valence-electron chi connectivity index (χ3n) is 7.35. The Morgan fingerprint density at radius 3 is 2.57 bits per heavy atom. The molecule has 2 aliphatic rings. The third kappa shape index (κ3) is 7.55. The normalized spacial score (nSPS) is 20.4. The number of hydrogen-bond acceptors (Lipinski definition) is 5. The molecule has 8 nitrogen and oxygen atoms in total. The molecule has 0 bridgehead atoms. The van der Waals surface area contributed by atoms with Crippen molar-refractivity contribution in [1.82, 2.24) is 19.8 Å². The largest absolute Gasteiger partial charge is 0.391 e. The molecule has 2 fully saturated rings. The van der Waals surface area contributed by atoms with Gasteiger partial charge in [-0.1, -0.05) is 51.1 Å². The van der Waals surface area contributed by atoms with Crippen LogP contribution in [0.5, 0.6) is 0 Å². The van der Waals surface area contributed by atoms with Gasteiger partial charge in [-0.25, -0.2) is 4.98 Å². The van der Waals surface area contributed by atoms with Crippen molar-refractivity contribution in [3.05, 3.63) is 53.6 Å². The number of β-amino-alcohol motifs (C(OH)–C–C–N with tert-alkyl or cyclic N) is 1. The van der Waals surface area contributed by atoms with Gasteiger partial charge in [0.05, 0.1) is 24.4 Å². The van der Waals surface area contributed by atoms with Crippen molar-refractivity contribution in [2.45, 2.75) is 77.5 Å². The van der Waals surface area contributed by atoms with Crippen molar-refractivity contribution in [1.29, 1.82) is 0 Å². The monoisotopic (exact) mass is 531 g/mol. The minimum Gasteiger partial charge on any atom is -0.391 e. The van der Waals surface area contributed by atoms with Gasteiger partial charge in [0.1, 0.15) is 11.5 Å². The van der Waals surface area contributed by atoms with Crippen molar-refractivity contribution < 1.29 is 14.7 Å². The van der Waals surface area contributed by atoms with Crippen LogP contribution in [-0.4, -0.2) is 68.5 Å². The summed E-state index contributed by atoms with van der Waals surface area (Å²) in [5, 5.41) is 10.3. The first-order valence-corrected chi connectivity index (χ1v) is 13.3. The van der Waals surface area contributed by atoms with Crippen LogP contribution >= 0.6 is 12.4 Å². The zero-order valence-corrected chi connectivity index (χ0v) is 23.0. The van der Waals surface area contributed by atoms with Crippen LogP contribution in [0.1, 0.15) is 80.8 Å². The molecule has 2 heterocycles. The van der Waals surface area contributed by atoms with Crippen LogP contribution in [0, 0.1) is 11.3 Å². The summed E-state index contributed by atoms with van der Waals surface area (Å²) in [5.74, 6) is 0.854. The van der Waals surface area contributed by atoms with Crippen molar-refractivity contribution in [3.63, 3.8) is 0 Å². The molecule has 1 aliphatic heterocycles. The number of aryl methyl sites for hydroxylation is 1. The lowest BCUT2D eigenvalue weighted by atomic mass is 9.86. The lowest BCUT2D eigenvalue weighted by Gasteiger charge is -2.32. The van der Waals surface area contributed by atoms with E-state index >= 15 is 0 Å². The number of imidazole rings is 1. The van der Waals surface area contributed by atoms with Crippen molar-refractivity contribution in [2.75, 3.05) is 19.6 Å². The zero-order chi connectivity index (χ0) is 25.9. The van der Waals surface area contributed by atoms with E-state index < -0.39 is 23.6 Å². The summed E-state index contributed by atoms with van der Waals surface area (Å²) in [6.45, 7) is 7.47. The molecule has 4 rings (SSSR count). The molecule has 0 radical (unpaired) electrons. The highest BCUT2D eigenvalue weighted by Gasteiger charge is 2.41. The Hall–Kier alpha value is -2.42. The first kappa shape index (κ1) is 29.1. The van der Waals surface area contributed by atoms with Crippen molar-refractivity contribution >= 4 is 24.2 Å². The van der Waals surface area contributed by atoms with E-state index in [2.05, 4.69) is 34.2 Å². The fourth-order valence-corrected chi connectivity index (χ4v) is 4.81. The second-order valence-corrected chi connectivity index (χ2v) is 11.6. The number of aliphatic hydroxyl groups is 1. The summed E-state index contributed by atoms with van der Waals surface area (Å²) in [6.07, 6.45) is 6.61. The molecule has 3 atom stereocenters. The summed E-state index contributed by atoms with van der Waals surface area (Å²) in [5.41, 5.74) is 7.59. The number of rotatable bonds is 10. The van der Waals surface area contributed by atoms with Crippen molar-refractivity contribution in [3.8, 4) is 0 Å². The number of carbonyl (C=O) groups excluding carboxylic acids is 2. The minimum atomic E-state index is -0.689. The van der Waals surface area contributed by atoms with Gasteiger partial charge >= 0.3 is 0 Å². The van der Waals surface area contributed by atoms with E-state index in [0.29, 0.717) is 30.4 Å². The molecule has 37 heavy (non-hydrogen) atoms. The van der Waals surface area contributed by atoms with Gasteiger partial charge in [-0.15, -0.1) is 12.4 Å². The third-order valence-corrected chi connectivity index (χ3v) is 7.35. The average molecular weight is 532 g/mol. The van der Waals surface area contributed by atoms with E-state index in [4.69, 9.17) is 5.73 Å². The Balaban J connectivity index is 0.00000380.